The van der Waals surface area contributed by atoms with E-state index in [0.717, 1.165) is 63.5 Å². The van der Waals surface area contributed by atoms with Gasteiger partial charge in [-0.1, -0.05) is 49.8 Å². The molecule has 3 aliphatic rings. The summed E-state index contributed by atoms with van der Waals surface area (Å²) in [5.74, 6) is -0.299. The SMILES string of the molecule is COCCCC/C=C\C=C\[C@@H]1OC(=O)C[C@@H]2C/C(=C\C(=O)OC)C[C@H](C[C@@H]3CCC[C@H](C[C@@H](C)/C=C/[C@@H]1C)O3)O2. The predicted molar refractivity (Wildman–Crippen MR) is 156 cm³/mol. The van der Waals surface area contributed by atoms with Crippen LogP contribution in [0.4, 0.5) is 0 Å². The van der Waals surface area contributed by atoms with Crippen molar-refractivity contribution in [3.8, 4) is 0 Å². The highest BCUT2D eigenvalue weighted by atomic mass is 16.6. The van der Waals surface area contributed by atoms with Crippen LogP contribution in [0.15, 0.2) is 48.1 Å². The molecule has 2 fully saturated rings. The quantitative estimate of drug-likeness (QED) is 0.112. The van der Waals surface area contributed by atoms with Crippen LogP contribution in [0.25, 0.3) is 0 Å². The lowest BCUT2D eigenvalue weighted by molar-refractivity contribution is -0.154. The summed E-state index contributed by atoms with van der Waals surface area (Å²) in [6, 6.07) is 0. The van der Waals surface area contributed by atoms with E-state index < -0.39 is 0 Å². The van der Waals surface area contributed by atoms with Crippen molar-refractivity contribution in [2.24, 2.45) is 11.8 Å². The van der Waals surface area contributed by atoms with Crippen molar-refractivity contribution in [3.63, 3.8) is 0 Å². The highest BCUT2D eigenvalue weighted by Gasteiger charge is 2.33. The van der Waals surface area contributed by atoms with Crippen molar-refractivity contribution in [3.05, 3.63) is 48.1 Å². The number of cyclic esters (lactones) is 1. The van der Waals surface area contributed by atoms with E-state index in [1.165, 1.54) is 7.11 Å². The number of carbonyl (C=O) groups excluding carboxylic acids is 2. The van der Waals surface area contributed by atoms with Crippen molar-refractivity contribution in [2.75, 3.05) is 20.8 Å². The second-order valence-corrected chi connectivity index (χ2v) is 11.6. The minimum Gasteiger partial charge on any atom is -0.466 e. The second kappa shape index (κ2) is 17.6. The summed E-state index contributed by atoms with van der Waals surface area (Å²) < 4.78 is 28.9. The van der Waals surface area contributed by atoms with Gasteiger partial charge in [-0.2, -0.15) is 0 Å². The molecule has 3 heterocycles. The molecule has 40 heavy (non-hydrogen) atoms. The Kier molecular flexibility index (Phi) is 14.2. The summed E-state index contributed by atoms with van der Waals surface area (Å²) in [5, 5.41) is 0. The zero-order chi connectivity index (χ0) is 28.7. The van der Waals surface area contributed by atoms with Gasteiger partial charge in [-0.05, 0) is 69.8 Å². The van der Waals surface area contributed by atoms with Gasteiger partial charge in [-0.15, -0.1) is 0 Å². The van der Waals surface area contributed by atoms with Gasteiger partial charge < -0.3 is 23.7 Å². The number of ether oxygens (including phenoxy) is 5. The van der Waals surface area contributed by atoms with E-state index in [4.69, 9.17) is 23.7 Å². The molecule has 0 aromatic rings. The topological polar surface area (TPSA) is 80.3 Å². The second-order valence-electron chi connectivity index (χ2n) is 11.6. The number of rotatable bonds is 8. The third-order valence-corrected chi connectivity index (χ3v) is 7.93. The minimum absolute atomic E-state index is 0.0143. The molecule has 3 rings (SSSR count). The van der Waals surface area contributed by atoms with Crippen LogP contribution in [0.3, 0.4) is 0 Å². The molecule has 0 aromatic carbocycles. The van der Waals surface area contributed by atoms with Gasteiger partial charge >= 0.3 is 11.9 Å². The van der Waals surface area contributed by atoms with Crippen LogP contribution in [-0.2, 0) is 33.3 Å². The Morgan fingerprint density at radius 1 is 0.950 bits per heavy atom. The summed E-state index contributed by atoms with van der Waals surface area (Å²) in [5.41, 5.74) is 0.950. The van der Waals surface area contributed by atoms with Gasteiger partial charge in [0.05, 0.1) is 37.9 Å². The van der Waals surface area contributed by atoms with Gasteiger partial charge in [-0.3, -0.25) is 4.79 Å². The van der Waals surface area contributed by atoms with E-state index >= 15 is 0 Å². The lowest BCUT2D eigenvalue weighted by Crippen LogP contribution is -2.37. The number of methoxy groups -OCH3 is 2. The fourth-order valence-corrected chi connectivity index (χ4v) is 5.79. The molecule has 0 unspecified atom stereocenters. The van der Waals surface area contributed by atoms with Gasteiger partial charge in [0.1, 0.15) is 6.10 Å². The molecular formula is C33H50O7. The summed E-state index contributed by atoms with van der Waals surface area (Å²) >= 11 is 0. The van der Waals surface area contributed by atoms with Crippen molar-refractivity contribution >= 4 is 11.9 Å². The van der Waals surface area contributed by atoms with Gasteiger partial charge in [0, 0.05) is 32.1 Å². The maximum absolute atomic E-state index is 13.2. The zero-order valence-corrected chi connectivity index (χ0v) is 24.9. The van der Waals surface area contributed by atoms with Crippen LogP contribution in [0.2, 0.25) is 0 Å². The van der Waals surface area contributed by atoms with Crippen LogP contribution in [-0.4, -0.2) is 63.3 Å². The number of carbonyl (C=O) groups is 2. The highest BCUT2D eigenvalue weighted by molar-refractivity contribution is 5.82. The van der Waals surface area contributed by atoms with Crippen molar-refractivity contribution in [1.82, 2.24) is 0 Å². The average Bonchev–Trinajstić information content (AvgIpc) is 2.92. The molecule has 4 bridgehead atoms. The smallest absolute Gasteiger partial charge is 0.330 e. The predicted octanol–water partition coefficient (Wildman–Crippen LogP) is 6.42. The van der Waals surface area contributed by atoms with E-state index in [1.54, 1.807) is 13.2 Å². The molecule has 0 aromatic heterocycles. The molecule has 7 atom stereocenters. The molecule has 0 spiro atoms. The molecule has 2 saturated heterocycles. The first-order chi connectivity index (χ1) is 19.4. The first-order valence-electron chi connectivity index (χ1n) is 15.1. The van der Waals surface area contributed by atoms with Crippen molar-refractivity contribution < 1.29 is 33.3 Å². The van der Waals surface area contributed by atoms with Gasteiger partial charge in [0.2, 0.25) is 0 Å². The standard InChI is InChI=1S/C33H50O7/c1-24-15-16-25(2)31(14-9-7-5-6-8-10-17-36-3)40-33(35)23-30-20-26(21-32(34)37-4)19-29(39-30)22-28-13-11-12-27(18-24)38-28/h5,7,9,14-16,21,24-25,27-31H,6,8,10-13,17-20,22-23H2,1-4H3/b7-5-,14-9+,16-15+,26-21-/t24-,25-,27+,28-,29+,30-,31-/m0/s1. The van der Waals surface area contributed by atoms with E-state index in [-0.39, 0.29) is 54.8 Å². The fourth-order valence-electron chi connectivity index (χ4n) is 5.79. The van der Waals surface area contributed by atoms with Crippen LogP contribution in [0.5, 0.6) is 0 Å². The summed E-state index contributed by atoms with van der Waals surface area (Å²) in [4.78, 5) is 25.2. The molecule has 0 aliphatic carbocycles. The summed E-state index contributed by atoms with van der Waals surface area (Å²) in [6.07, 6.45) is 22.9. The first-order valence-corrected chi connectivity index (χ1v) is 15.1. The molecule has 0 amide bonds. The monoisotopic (exact) mass is 558 g/mol. The maximum Gasteiger partial charge on any atom is 0.330 e. The Balaban J connectivity index is 1.76. The molecule has 0 N–H and O–H groups in total. The van der Waals surface area contributed by atoms with E-state index in [9.17, 15) is 9.59 Å². The van der Waals surface area contributed by atoms with Crippen molar-refractivity contribution in [2.45, 2.75) is 115 Å². The fraction of sp³-hybridized carbons (Fsp3) is 0.697. The average molecular weight is 559 g/mol. The van der Waals surface area contributed by atoms with E-state index in [2.05, 4.69) is 32.1 Å². The lowest BCUT2D eigenvalue weighted by Gasteiger charge is -2.37. The third kappa shape index (κ3) is 11.7. The molecular weight excluding hydrogens is 508 g/mol. The van der Waals surface area contributed by atoms with Crippen molar-refractivity contribution in [1.29, 1.82) is 0 Å². The highest BCUT2D eigenvalue weighted by Crippen LogP contribution is 2.33. The van der Waals surface area contributed by atoms with Crippen LogP contribution in [0, 0.1) is 11.8 Å². The minimum atomic E-state index is -0.387. The Morgan fingerprint density at radius 2 is 1.70 bits per heavy atom. The first kappa shape index (κ1) is 32.3. The molecule has 3 aliphatic heterocycles. The van der Waals surface area contributed by atoms with Gasteiger partial charge in [0.25, 0.3) is 0 Å². The third-order valence-electron chi connectivity index (χ3n) is 7.93. The molecule has 7 heteroatoms. The Bertz CT molecular complexity index is 904. The Labute approximate surface area is 241 Å². The molecule has 0 saturated carbocycles. The Hall–Kier alpha value is -2.22. The van der Waals surface area contributed by atoms with E-state index in [1.807, 2.05) is 18.2 Å². The van der Waals surface area contributed by atoms with Crippen LogP contribution < -0.4 is 0 Å². The Morgan fingerprint density at radius 3 is 2.48 bits per heavy atom. The zero-order valence-electron chi connectivity index (χ0n) is 24.9. The number of unbranched alkanes of at least 4 members (excludes halogenated alkanes) is 2. The maximum atomic E-state index is 13.2. The number of esters is 2. The summed E-state index contributed by atoms with van der Waals surface area (Å²) in [6.45, 7) is 5.09. The van der Waals surface area contributed by atoms with Crippen LogP contribution in [0.1, 0.15) is 84.5 Å². The number of hydrogen-bond donors (Lipinski definition) is 0. The number of hydrogen-bond acceptors (Lipinski definition) is 7. The lowest BCUT2D eigenvalue weighted by atomic mass is 9.89. The summed E-state index contributed by atoms with van der Waals surface area (Å²) in [7, 11) is 3.10. The number of allylic oxidation sites excluding steroid dienone is 4. The van der Waals surface area contributed by atoms with Gasteiger partial charge in [0.15, 0.2) is 0 Å². The molecule has 0 radical (unpaired) electrons. The molecule has 224 valence electrons. The van der Waals surface area contributed by atoms with E-state index in [0.29, 0.717) is 18.8 Å². The van der Waals surface area contributed by atoms with Gasteiger partial charge in [-0.25, -0.2) is 4.79 Å². The molecule has 7 nitrogen and oxygen atoms in total. The number of fused-ring (bicyclic) bond motifs is 4. The van der Waals surface area contributed by atoms with Crippen LogP contribution >= 0.6 is 0 Å². The normalized spacial score (nSPS) is 34.1. The largest absolute Gasteiger partial charge is 0.466 e.